The molecule has 0 spiro atoms. The summed E-state index contributed by atoms with van der Waals surface area (Å²) in [7, 11) is 5.98. The van der Waals surface area contributed by atoms with Crippen molar-refractivity contribution in [2.45, 2.75) is 20.0 Å². The second kappa shape index (κ2) is 7.51. The Morgan fingerprint density at radius 1 is 1.07 bits per heavy atom. The third-order valence-corrected chi connectivity index (χ3v) is 4.46. The molecule has 1 aromatic carbocycles. The third-order valence-electron chi connectivity index (χ3n) is 4.46. The van der Waals surface area contributed by atoms with Crippen LogP contribution in [0, 0.1) is 0 Å². The van der Waals surface area contributed by atoms with Gasteiger partial charge in [0.05, 0.1) is 45.3 Å². The van der Waals surface area contributed by atoms with E-state index in [9.17, 15) is 14.4 Å². The molecule has 2 heterocycles. The summed E-state index contributed by atoms with van der Waals surface area (Å²) in [6.45, 7) is 3.04. The summed E-state index contributed by atoms with van der Waals surface area (Å²) in [5.41, 5.74) is 0.505. The van der Waals surface area contributed by atoms with Gasteiger partial charge in [-0.1, -0.05) is 12.1 Å². The van der Waals surface area contributed by atoms with Crippen LogP contribution < -0.4 is 16.6 Å². The van der Waals surface area contributed by atoms with Crippen molar-refractivity contribution in [1.82, 2.24) is 24.4 Å². The molecule has 3 rings (SSSR count). The monoisotopic (exact) mass is 385 g/mol. The number of carbonyl (C=O) groups excluding carboxylic acids is 1. The Morgan fingerprint density at radius 2 is 1.79 bits per heavy atom. The van der Waals surface area contributed by atoms with Gasteiger partial charge in [-0.3, -0.25) is 14.2 Å². The number of amides is 1. The van der Waals surface area contributed by atoms with Crippen LogP contribution in [0.25, 0.3) is 22.6 Å². The van der Waals surface area contributed by atoms with Gasteiger partial charge in [0.1, 0.15) is 0 Å². The molecule has 148 valence electrons. The van der Waals surface area contributed by atoms with Crippen LogP contribution in [0.3, 0.4) is 0 Å². The van der Waals surface area contributed by atoms with E-state index in [2.05, 4.69) is 15.3 Å². The van der Waals surface area contributed by atoms with E-state index in [-0.39, 0.29) is 24.0 Å². The fourth-order valence-corrected chi connectivity index (χ4v) is 2.99. The number of nitrogens with zero attached hydrogens (tertiary/aromatic N) is 5. The van der Waals surface area contributed by atoms with Gasteiger partial charge in [-0.2, -0.15) is 4.98 Å². The first-order valence-corrected chi connectivity index (χ1v) is 9.12. The van der Waals surface area contributed by atoms with Gasteiger partial charge in [0.25, 0.3) is 5.56 Å². The maximum absolute atomic E-state index is 13.0. The zero-order chi connectivity index (χ0) is 20.5. The summed E-state index contributed by atoms with van der Waals surface area (Å²) in [5.74, 6) is 0.0870. The first-order valence-electron chi connectivity index (χ1n) is 9.12. The van der Waals surface area contributed by atoms with Crippen molar-refractivity contribution in [1.29, 1.82) is 0 Å². The Bertz CT molecular complexity index is 1110. The number of rotatable bonds is 6. The van der Waals surface area contributed by atoms with Crippen molar-refractivity contribution in [2.75, 3.05) is 34.2 Å². The minimum atomic E-state index is -0.587. The van der Waals surface area contributed by atoms with Crippen LogP contribution in [0.15, 0.2) is 33.9 Å². The molecule has 1 N–H and O–H groups in total. The van der Waals surface area contributed by atoms with E-state index in [4.69, 9.17) is 0 Å². The first kappa shape index (κ1) is 19.7. The number of carbonyl (C=O) groups is 1. The molecule has 0 radical (unpaired) electrons. The topological polar surface area (TPSA) is 98.9 Å². The molecular weight excluding hydrogens is 360 g/mol. The summed E-state index contributed by atoms with van der Waals surface area (Å²) in [4.78, 5) is 45.5. The van der Waals surface area contributed by atoms with Crippen molar-refractivity contribution >= 4 is 16.9 Å². The quantitative estimate of drug-likeness (QED) is 0.472. The molecule has 0 aromatic heterocycles. The number of quaternary nitrogens is 1. The van der Waals surface area contributed by atoms with Crippen LogP contribution in [-0.4, -0.2) is 63.7 Å². The number of para-hydroxylation sites is 2. The van der Waals surface area contributed by atoms with Crippen molar-refractivity contribution in [3.05, 3.63) is 45.1 Å². The average molecular weight is 385 g/mol. The second-order valence-electron chi connectivity index (χ2n) is 7.77. The van der Waals surface area contributed by atoms with Crippen LogP contribution >= 0.6 is 0 Å². The Morgan fingerprint density at radius 3 is 2.46 bits per heavy atom. The van der Waals surface area contributed by atoms with E-state index < -0.39 is 11.2 Å². The molecule has 2 aliphatic rings. The number of likely N-dealkylation sites (N-methyl/N-ethyl adjacent to an activating group) is 1. The van der Waals surface area contributed by atoms with Crippen molar-refractivity contribution < 1.29 is 9.28 Å². The van der Waals surface area contributed by atoms with Crippen LogP contribution in [0.5, 0.6) is 0 Å². The van der Waals surface area contributed by atoms with Gasteiger partial charge in [-0.25, -0.2) is 9.78 Å². The lowest BCUT2D eigenvalue weighted by Crippen LogP contribution is -2.44. The normalized spacial score (nSPS) is 11.9. The van der Waals surface area contributed by atoms with Gasteiger partial charge >= 0.3 is 5.69 Å². The SMILES string of the molecule is CC(=O)NCCn1c2nc(=O)n(CC[N+](C)(C)C)c(=O)c-2nc2ccccc21. The number of hydrogen-bond donors (Lipinski definition) is 1. The summed E-state index contributed by atoms with van der Waals surface area (Å²) >= 11 is 0. The maximum atomic E-state index is 13.0. The minimum absolute atomic E-state index is 0.150. The van der Waals surface area contributed by atoms with Crippen molar-refractivity contribution in [3.63, 3.8) is 0 Å². The van der Waals surface area contributed by atoms with Crippen LogP contribution in [-0.2, 0) is 17.9 Å². The summed E-state index contributed by atoms with van der Waals surface area (Å²) in [5, 5.41) is 2.73. The molecule has 0 aliphatic carbocycles. The molecule has 9 heteroatoms. The fourth-order valence-electron chi connectivity index (χ4n) is 2.99. The molecule has 0 saturated carbocycles. The molecule has 0 bridgehead atoms. The summed E-state index contributed by atoms with van der Waals surface area (Å²) in [6.07, 6.45) is 0. The standard InChI is InChI=1S/C19H24N6O3/c1-13(26)20-9-10-23-15-8-6-5-7-14(15)21-16-17(23)22-19(28)24(18(16)27)11-12-25(2,3)4/h5-8H,9-12H2,1-4H3/p+1. The lowest BCUT2D eigenvalue weighted by atomic mass is 10.2. The number of nitrogens with one attached hydrogen (secondary N) is 1. The van der Waals surface area contributed by atoms with E-state index in [0.29, 0.717) is 29.6 Å². The Kier molecular flexibility index (Phi) is 5.28. The van der Waals surface area contributed by atoms with Gasteiger partial charge in [-0.05, 0) is 12.1 Å². The Labute approximate surface area is 162 Å². The molecule has 1 aromatic rings. The second-order valence-corrected chi connectivity index (χ2v) is 7.77. The predicted molar refractivity (Wildman–Crippen MR) is 106 cm³/mol. The van der Waals surface area contributed by atoms with Gasteiger partial charge in [-0.15, -0.1) is 0 Å². The molecule has 0 fully saturated rings. The van der Waals surface area contributed by atoms with Crippen LogP contribution in [0.2, 0.25) is 0 Å². The van der Waals surface area contributed by atoms with E-state index in [1.165, 1.54) is 6.92 Å². The van der Waals surface area contributed by atoms with Crippen LogP contribution in [0.1, 0.15) is 6.92 Å². The highest BCUT2D eigenvalue weighted by Crippen LogP contribution is 2.20. The van der Waals surface area contributed by atoms with E-state index in [1.807, 2.05) is 45.4 Å². The number of aromatic nitrogens is 4. The third kappa shape index (κ3) is 4.09. The van der Waals surface area contributed by atoms with Gasteiger partial charge < -0.3 is 14.4 Å². The fraction of sp³-hybridized carbons (Fsp3) is 0.421. The maximum Gasteiger partial charge on any atom is 0.352 e. The lowest BCUT2D eigenvalue weighted by Gasteiger charge is -2.24. The highest BCUT2D eigenvalue weighted by Gasteiger charge is 2.22. The number of fused-ring (bicyclic) bond motifs is 2. The van der Waals surface area contributed by atoms with Crippen molar-refractivity contribution in [2.24, 2.45) is 0 Å². The first-order chi connectivity index (χ1) is 13.2. The zero-order valence-electron chi connectivity index (χ0n) is 16.6. The lowest BCUT2D eigenvalue weighted by molar-refractivity contribution is -0.871. The van der Waals surface area contributed by atoms with Crippen molar-refractivity contribution in [3.8, 4) is 11.5 Å². The van der Waals surface area contributed by atoms with Gasteiger partial charge in [0, 0.05) is 20.0 Å². The Balaban J connectivity index is 2.18. The van der Waals surface area contributed by atoms with E-state index in [0.717, 1.165) is 10.1 Å². The zero-order valence-corrected chi connectivity index (χ0v) is 16.6. The molecule has 1 amide bonds. The van der Waals surface area contributed by atoms with E-state index in [1.54, 1.807) is 4.57 Å². The van der Waals surface area contributed by atoms with Gasteiger partial charge in [0.2, 0.25) is 5.91 Å². The van der Waals surface area contributed by atoms with Crippen LogP contribution in [0.4, 0.5) is 0 Å². The highest BCUT2D eigenvalue weighted by atomic mass is 16.2. The molecule has 28 heavy (non-hydrogen) atoms. The Hall–Kier alpha value is -3.07. The van der Waals surface area contributed by atoms with Gasteiger partial charge in [0.15, 0.2) is 11.5 Å². The average Bonchev–Trinajstić information content (AvgIpc) is 2.60. The summed E-state index contributed by atoms with van der Waals surface area (Å²) in [6, 6.07) is 7.35. The largest absolute Gasteiger partial charge is 0.355 e. The highest BCUT2D eigenvalue weighted by molar-refractivity contribution is 5.79. The van der Waals surface area contributed by atoms with E-state index >= 15 is 0 Å². The molecule has 9 nitrogen and oxygen atoms in total. The molecule has 2 aliphatic heterocycles. The smallest absolute Gasteiger partial charge is 0.352 e. The molecule has 0 saturated heterocycles. The predicted octanol–water partition coefficient (Wildman–Crippen LogP) is -0.0997. The molecule has 0 unspecified atom stereocenters. The minimum Gasteiger partial charge on any atom is -0.355 e. The number of hydrogen-bond acceptors (Lipinski definition) is 5. The molecular formula is C19H25N6O3+. The summed E-state index contributed by atoms with van der Waals surface area (Å²) < 4.78 is 3.53. The number of benzene rings is 1. The molecule has 0 atom stereocenters.